The van der Waals surface area contributed by atoms with Crippen molar-refractivity contribution in [3.8, 4) is 5.75 Å². The first kappa shape index (κ1) is 23.3. The molecule has 3 rings (SSSR count). The van der Waals surface area contributed by atoms with Crippen molar-refractivity contribution >= 4 is 19.6 Å². The van der Waals surface area contributed by atoms with Crippen molar-refractivity contribution in [2.75, 3.05) is 6.61 Å². The maximum absolute atomic E-state index is 12.1. The number of ether oxygens (including phenoxy) is 2. The highest BCUT2D eigenvalue weighted by atomic mass is 31.2. The number of phosphoric acid groups is 1. The van der Waals surface area contributed by atoms with Crippen LogP contribution in [0.3, 0.4) is 0 Å². The van der Waals surface area contributed by atoms with E-state index in [1.807, 2.05) is 4.98 Å². The molecule has 2 heterocycles. The predicted octanol–water partition coefficient (Wildman–Crippen LogP) is 1.29. The van der Waals surface area contributed by atoms with Crippen LogP contribution in [0.25, 0.3) is 16.5 Å². The van der Waals surface area contributed by atoms with Gasteiger partial charge >= 0.3 is 13.5 Å². The molecule has 0 amide bonds. The first-order chi connectivity index (χ1) is 15.2. The van der Waals surface area contributed by atoms with Crippen LogP contribution in [0.4, 0.5) is 5.69 Å². The van der Waals surface area contributed by atoms with Gasteiger partial charge in [0.1, 0.15) is 18.9 Å². The quantitative estimate of drug-likeness (QED) is 0.145. The lowest BCUT2D eigenvalue weighted by Crippen LogP contribution is -2.33. The molecular formula is C17H18N5O9P. The van der Waals surface area contributed by atoms with Gasteiger partial charge in [-0.2, -0.15) is 0 Å². The molecule has 14 nitrogen and oxygen atoms in total. The number of benzene rings is 1. The van der Waals surface area contributed by atoms with Crippen molar-refractivity contribution in [3.05, 3.63) is 73.6 Å². The summed E-state index contributed by atoms with van der Waals surface area (Å²) in [6.45, 7) is -0.0752. The molecule has 0 spiro atoms. The summed E-state index contributed by atoms with van der Waals surface area (Å²) in [6, 6.07) is 6.73. The zero-order chi connectivity index (χ0) is 23.3. The van der Waals surface area contributed by atoms with Crippen LogP contribution >= 0.6 is 7.82 Å². The van der Waals surface area contributed by atoms with Crippen LogP contribution in [0.2, 0.25) is 0 Å². The molecule has 2 aromatic rings. The third-order valence-corrected chi connectivity index (χ3v) is 4.75. The van der Waals surface area contributed by atoms with E-state index in [1.165, 1.54) is 6.26 Å². The molecule has 1 aromatic carbocycles. The van der Waals surface area contributed by atoms with Crippen LogP contribution in [0, 0.1) is 0 Å². The fourth-order valence-electron chi connectivity index (χ4n) is 2.93. The molecule has 0 aliphatic carbocycles. The minimum absolute atomic E-state index is 0.0484. The number of hydrogen-bond acceptors (Lipinski definition) is 8. The predicted molar refractivity (Wildman–Crippen MR) is 109 cm³/mol. The van der Waals surface area contributed by atoms with Crippen LogP contribution < -0.4 is 15.8 Å². The molecule has 4 N–H and O–H groups in total. The summed E-state index contributed by atoms with van der Waals surface area (Å²) in [5.74, 6) is -0.776. The SMILES string of the molecule is [N-]=[N+]=Nc1cccc(/C=C/OC[C@H]2O[C@@H](n3cc(OP(=O)(O)O)c(=O)[nH]c3=O)C[C@@H]2O)c1. The van der Waals surface area contributed by atoms with Crippen molar-refractivity contribution in [1.82, 2.24) is 9.55 Å². The second-order valence-electron chi connectivity index (χ2n) is 6.59. The van der Waals surface area contributed by atoms with E-state index in [1.54, 1.807) is 30.3 Å². The van der Waals surface area contributed by atoms with Gasteiger partial charge in [-0.15, -0.1) is 0 Å². The van der Waals surface area contributed by atoms with Gasteiger partial charge in [0.15, 0.2) is 0 Å². The zero-order valence-corrected chi connectivity index (χ0v) is 17.1. The van der Waals surface area contributed by atoms with E-state index >= 15 is 0 Å². The Morgan fingerprint density at radius 2 is 2.19 bits per heavy atom. The highest BCUT2D eigenvalue weighted by molar-refractivity contribution is 7.46. The summed E-state index contributed by atoms with van der Waals surface area (Å²) < 4.78 is 27.1. The van der Waals surface area contributed by atoms with Crippen molar-refractivity contribution in [2.24, 2.45) is 5.11 Å². The number of nitrogens with zero attached hydrogens (tertiary/aromatic N) is 4. The Labute approximate surface area is 179 Å². The maximum atomic E-state index is 12.1. The van der Waals surface area contributed by atoms with E-state index in [0.29, 0.717) is 11.3 Å². The minimum atomic E-state index is -5.03. The molecular weight excluding hydrogens is 449 g/mol. The van der Waals surface area contributed by atoms with Gasteiger partial charge in [-0.05, 0) is 23.2 Å². The van der Waals surface area contributed by atoms with Crippen LogP contribution in [-0.4, -0.2) is 43.3 Å². The Morgan fingerprint density at radius 3 is 2.91 bits per heavy atom. The van der Waals surface area contributed by atoms with Crippen LogP contribution in [0.5, 0.6) is 5.75 Å². The molecule has 1 fully saturated rings. The lowest BCUT2D eigenvalue weighted by molar-refractivity contribution is -0.0484. The van der Waals surface area contributed by atoms with E-state index in [4.69, 9.17) is 24.8 Å². The molecule has 1 aromatic heterocycles. The summed E-state index contributed by atoms with van der Waals surface area (Å²) >= 11 is 0. The van der Waals surface area contributed by atoms with Crippen molar-refractivity contribution in [3.63, 3.8) is 0 Å². The number of nitrogens with one attached hydrogen (secondary N) is 1. The van der Waals surface area contributed by atoms with Crippen molar-refractivity contribution in [1.29, 1.82) is 0 Å². The molecule has 0 saturated carbocycles. The molecule has 0 radical (unpaired) electrons. The Kier molecular flexibility index (Phi) is 7.15. The summed E-state index contributed by atoms with van der Waals surface area (Å²) in [5, 5.41) is 13.7. The molecule has 170 valence electrons. The normalized spacial score (nSPS) is 20.8. The number of rotatable bonds is 8. The van der Waals surface area contributed by atoms with Crippen LogP contribution in [0.15, 0.2) is 51.4 Å². The monoisotopic (exact) mass is 467 g/mol. The average molecular weight is 467 g/mol. The van der Waals surface area contributed by atoms with Gasteiger partial charge in [0.2, 0.25) is 5.75 Å². The van der Waals surface area contributed by atoms with Gasteiger partial charge in [-0.25, -0.2) is 9.36 Å². The Hall–Kier alpha value is -3.38. The smallest absolute Gasteiger partial charge is 0.498 e. The Morgan fingerprint density at radius 1 is 1.41 bits per heavy atom. The number of hydrogen-bond donors (Lipinski definition) is 4. The number of aliphatic hydroxyl groups excluding tert-OH is 1. The number of azide groups is 1. The first-order valence-electron chi connectivity index (χ1n) is 9.04. The van der Waals surface area contributed by atoms with Crippen molar-refractivity contribution in [2.45, 2.75) is 24.9 Å². The Bertz CT molecular complexity index is 1210. The first-order valence-corrected chi connectivity index (χ1v) is 10.6. The number of H-pyrrole nitrogens is 1. The van der Waals surface area contributed by atoms with E-state index in [9.17, 15) is 19.3 Å². The summed E-state index contributed by atoms with van der Waals surface area (Å²) in [5.41, 5.74) is 7.57. The summed E-state index contributed by atoms with van der Waals surface area (Å²) in [4.78, 5) is 46.1. The number of aromatic amines is 1. The third kappa shape index (κ3) is 6.08. The van der Waals surface area contributed by atoms with Crippen LogP contribution in [-0.2, 0) is 14.0 Å². The van der Waals surface area contributed by atoms with Gasteiger partial charge in [-0.3, -0.25) is 24.1 Å². The highest BCUT2D eigenvalue weighted by Gasteiger charge is 2.36. The average Bonchev–Trinajstić information content (AvgIpc) is 3.07. The minimum Gasteiger partial charge on any atom is -0.498 e. The standard InChI is InChI=1S/C17H18N5O9P/c18-21-20-11-3-1-2-10(6-11)4-5-29-9-14-12(23)7-15(30-14)22-8-13(31-32(26,27)28)16(24)19-17(22)25/h1-6,8,12,14-15,23H,7,9H2,(H,19,24,25)(H2,26,27,28)/b5-4+/t12-,14+,15+/m0/s1. The maximum Gasteiger partial charge on any atom is 0.525 e. The third-order valence-electron chi connectivity index (χ3n) is 4.31. The molecule has 0 bridgehead atoms. The number of aliphatic hydroxyl groups is 1. The fourth-order valence-corrected chi connectivity index (χ4v) is 3.32. The van der Waals surface area contributed by atoms with E-state index < -0.39 is 43.3 Å². The highest BCUT2D eigenvalue weighted by Crippen LogP contribution is 2.36. The number of phosphoric ester groups is 1. The zero-order valence-electron chi connectivity index (χ0n) is 16.2. The molecule has 32 heavy (non-hydrogen) atoms. The largest absolute Gasteiger partial charge is 0.525 e. The Balaban J connectivity index is 1.65. The molecule has 0 unspecified atom stereocenters. The van der Waals surface area contributed by atoms with E-state index in [0.717, 1.165) is 10.8 Å². The van der Waals surface area contributed by atoms with Crippen molar-refractivity contribution < 1.29 is 33.5 Å². The van der Waals surface area contributed by atoms with Gasteiger partial charge in [-0.1, -0.05) is 23.3 Å². The lowest BCUT2D eigenvalue weighted by atomic mass is 10.2. The molecule has 1 aliphatic rings. The van der Waals surface area contributed by atoms with Gasteiger partial charge < -0.3 is 19.1 Å². The number of aromatic nitrogens is 2. The van der Waals surface area contributed by atoms with Gasteiger partial charge in [0.05, 0.1) is 18.6 Å². The van der Waals surface area contributed by atoms with Crippen LogP contribution in [0.1, 0.15) is 18.2 Å². The molecule has 3 atom stereocenters. The molecule has 1 aliphatic heterocycles. The second-order valence-corrected chi connectivity index (χ2v) is 7.76. The summed E-state index contributed by atoms with van der Waals surface area (Å²) in [6.07, 6.45) is 0.830. The lowest BCUT2D eigenvalue weighted by Gasteiger charge is -2.16. The van der Waals surface area contributed by atoms with E-state index in [2.05, 4.69) is 14.5 Å². The second kappa shape index (κ2) is 9.83. The van der Waals surface area contributed by atoms with E-state index in [-0.39, 0.29) is 13.0 Å². The molecule has 15 heteroatoms. The van der Waals surface area contributed by atoms with Gasteiger partial charge in [0, 0.05) is 17.0 Å². The van der Waals surface area contributed by atoms with Gasteiger partial charge in [0.25, 0.3) is 5.56 Å². The summed E-state index contributed by atoms with van der Waals surface area (Å²) in [7, 11) is -5.03. The fraction of sp³-hybridized carbons (Fsp3) is 0.294. The topological polar surface area (TPSA) is 209 Å². The molecule has 1 saturated heterocycles.